The van der Waals surface area contributed by atoms with Crippen molar-refractivity contribution in [2.75, 3.05) is 24.2 Å². The lowest BCUT2D eigenvalue weighted by molar-refractivity contribution is 0.306. The number of nitrogen functional groups attached to an aromatic ring is 1. The van der Waals surface area contributed by atoms with Crippen LogP contribution in [0.4, 0.5) is 11.5 Å². The van der Waals surface area contributed by atoms with Gasteiger partial charge in [0.25, 0.3) is 0 Å². The minimum absolute atomic E-state index is 0.434. The summed E-state index contributed by atoms with van der Waals surface area (Å²) in [6.45, 7) is 3.35. The smallest absolute Gasteiger partial charge is 0.242 e. The molecule has 2 aromatic rings. The first-order valence-corrected chi connectivity index (χ1v) is 7.61. The van der Waals surface area contributed by atoms with E-state index in [-0.39, 0.29) is 0 Å². The van der Waals surface area contributed by atoms with Crippen LogP contribution in [0.5, 0.6) is 5.88 Å². The molecule has 0 saturated heterocycles. The monoisotopic (exact) mass is 312 g/mol. The van der Waals surface area contributed by atoms with E-state index in [1.165, 1.54) is 11.2 Å². The van der Waals surface area contributed by atoms with Crippen LogP contribution >= 0.6 is 22.9 Å². The highest BCUT2D eigenvalue weighted by Crippen LogP contribution is 2.25. The van der Waals surface area contributed by atoms with E-state index in [2.05, 4.69) is 15.3 Å². The topological polar surface area (TPSA) is 73.1 Å². The lowest BCUT2D eigenvalue weighted by Gasteiger charge is -2.11. The van der Waals surface area contributed by atoms with E-state index in [0.717, 1.165) is 23.7 Å². The van der Waals surface area contributed by atoms with Crippen molar-refractivity contribution in [3.05, 3.63) is 27.7 Å². The lowest BCUT2D eigenvalue weighted by atomic mass is 10.3. The van der Waals surface area contributed by atoms with Gasteiger partial charge in [0.15, 0.2) is 5.82 Å². The number of thiophene rings is 1. The molecule has 0 atom stereocenters. The molecule has 0 saturated carbocycles. The van der Waals surface area contributed by atoms with Crippen LogP contribution in [-0.2, 0) is 6.42 Å². The third-order valence-electron chi connectivity index (χ3n) is 2.58. The fourth-order valence-corrected chi connectivity index (χ4v) is 2.71. The number of nitrogens with two attached hydrogens (primary N) is 1. The van der Waals surface area contributed by atoms with Gasteiger partial charge in [0, 0.05) is 11.4 Å². The van der Waals surface area contributed by atoms with Crippen molar-refractivity contribution in [2.45, 2.75) is 19.8 Å². The van der Waals surface area contributed by atoms with Crippen molar-refractivity contribution < 1.29 is 4.74 Å². The number of rotatable bonds is 7. The van der Waals surface area contributed by atoms with E-state index in [4.69, 9.17) is 22.1 Å². The molecule has 2 heterocycles. The van der Waals surface area contributed by atoms with E-state index in [1.54, 1.807) is 11.3 Å². The summed E-state index contributed by atoms with van der Waals surface area (Å²) in [5.74, 6) is 1.04. The molecule has 108 valence electrons. The molecule has 0 aliphatic heterocycles. The number of halogens is 1. The second-order valence-corrected chi connectivity index (χ2v) is 5.97. The normalized spacial score (nSPS) is 10.5. The maximum atomic E-state index is 5.98. The maximum Gasteiger partial charge on any atom is 0.242 e. The van der Waals surface area contributed by atoms with Gasteiger partial charge in [-0.05, 0) is 25.0 Å². The molecular formula is C13H17ClN4OS. The molecule has 3 N–H and O–H groups in total. The fraction of sp³-hybridized carbons (Fsp3) is 0.385. The van der Waals surface area contributed by atoms with Crippen molar-refractivity contribution in [1.82, 2.24) is 9.97 Å². The standard InChI is InChI=1S/C13H17ClN4OS/c1-2-7-19-13-11(15)12(17-8-18-13)16-6-5-9-3-4-10(14)20-9/h3-4,8H,2,5-7,15H2,1H3,(H,16,17,18). The molecule has 5 nitrogen and oxygen atoms in total. The Kier molecular flexibility index (Phi) is 5.43. The Hall–Kier alpha value is -1.53. The number of aromatic nitrogens is 2. The summed E-state index contributed by atoms with van der Waals surface area (Å²) >= 11 is 7.47. The summed E-state index contributed by atoms with van der Waals surface area (Å²) in [6, 6.07) is 3.92. The summed E-state index contributed by atoms with van der Waals surface area (Å²) in [5.41, 5.74) is 6.43. The van der Waals surface area contributed by atoms with Gasteiger partial charge in [0.1, 0.15) is 12.0 Å². The molecule has 2 aromatic heterocycles. The zero-order valence-corrected chi connectivity index (χ0v) is 12.8. The minimum Gasteiger partial charge on any atom is -0.476 e. The number of nitrogens with one attached hydrogen (secondary N) is 1. The van der Waals surface area contributed by atoms with E-state index in [0.29, 0.717) is 24.0 Å². The maximum absolute atomic E-state index is 5.98. The second kappa shape index (κ2) is 7.31. The average Bonchev–Trinajstić information content (AvgIpc) is 2.85. The van der Waals surface area contributed by atoms with E-state index < -0.39 is 0 Å². The van der Waals surface area contributed by atoms with Crippen LogP contribution in [0.2, 0.25) is 4.34 Å². The first kappa shape index (κ1) is 14.9. The zero-order valence-electron chi connectivity index (χ0n) is 11.2. The molecule has 0 fully saturated rings. The van der Waals surface area contributed by atoms with Crippen LogP contribution in [0.25, 0.3) is 0 Å². The molecule has 0 aliphatic carbocycles. The molecule has 0 aromatic carbocycles. The van der Waals surface area contributed by atoms with Crippen LogP contribution in [0.1, 0.15) is 18.2 Å². The van der Waals surface area contributed by atoms with Crippen molar-refractivity contribution in [3.63, 3.8) is 0 Å². The summed E-state index contributed by atoms with van der Waals surface area (Å²) in [7, 11) is 0. The first-order valence-electron chi connectivity index (χ1n) is 6.42. The predicted molar refractivity (Wildman–Crippen MR) is 83.8 cm³/mol. The van der Waals surface area contributed by atoms with Gasteiger partial charge < -0.3 is 15.8 Å². The Labute approximate surface area is 127 Å². The average molecular weight is 313 g/mol. The van der Waals surface area contributed by atoms with Gasteiger partial charge in [0.05, 0.1) is 10.9 Å². The lowest BCUT2D eigenvalue weighted by Crippen LogP contribution is -2.10. The van der Waals surface area contributed by atoms with Crippen LogP contribution < -0.4 is 15.8 Å². The molecule has 0 amide bonds. The van der Waals surface area contributed by atoms with E-state index in [9.17, 15) is 0 Å². The largest absolute Gasteiger partial charge is 0.476 e. The molecule has 2 rings (SSSR count). The highest BCUT2D eigenvalue weighted by Gasteiger charge is 2.08. The van der Waals surface area contributed by atoms with Gasteiger partial charge in [-0.15, -0.1) is 11.3 Å². The van der Waals surface area contributed by atoms with Crippen molar-refractivity contribution >= 4 is 34.4 Å². The number of hydrogen-bond donors (Lipinski definition) is 2. The van der Waals surface area contributed by atoms with Crippen molar-refractivity contribution in [3.8, 4) is 5.88 Å². The van der Waals surface area contributed by atoms with Crippen LogP contribution in [0.3, 0.4) is 0 Å². The third-order valence-corrected chi connectivity index (χ3v) is 3.87. The fourth-order valence-electron chi connectivity index (χ4n) is 1.62. The number of hydrogen-bond acceptors (Lipinski definition) is 6. The van der Waals surface area contributed by atoms with Crippen LogP contribution in [-0.4, -0.2) is 23.1 Å². The van der Waals surface area contributed by atoms with Crippen molar-refractivity contribution in [1.29, 1.82) is 0 Å². The molecule has 0 unspecified atom stereocenters. The SMILES string of the molecule is CCCOc1ncnc(NCCc2ccc(Cl)s2)c1N. The molecule has 20 heavy (non-hydrogen) atoms. The predicted octanol–water partition coefficient (Wildman–Crippen LogP) is 3.22. The molecular weight excluding hydrogens is 296 g/mol. The Bertz CT molecular complexity index is 561. The number of anilines is 2. The van der Waals surface area contributed by atoms with E-state index >= 15 is 0 Å². The first-order chi connectivity index (χ1) is 9.70. The Morgan fingerprint density at radius 2 is 2.25 bits per heavy atom. The van der Waals surface area contributed by atoms with Gasteiger partial charge in [-0.25, -0.2) is 4.98 Å². The third kappa shape index (κ3) is 3.98. The summed E-state index contributed by atoms with van der Waals surface area (Å²) < 4.78 is 6.27. The van der Waals surface area contributed by atoms with Crippen LogP contribution in [0.15, 0.2) is 18.5 Å². The highest BCUT2D eigenvalue weighted by atomic mass is 35.5. The Morgan fingerprint density at radius 3 is 2.95 bits per heavy atom. The number of ether oxygens (including phenoxy) is 1. The molecule has 0 radical (unpaired) electrons. The minimum atomic E-state index is 0.434. The van der Waals surface area contributed by atoms with Crippen molar-refractivity contribution in [2.24, 2.45) is 0 Å². The van der Waals surface area contributed by atoms with Gasteiger partial charge in [0.2, 0.25) is 5.88 Å². The zero-order chi connectivity index (χ0) is 14.4. The number of nitrogens with zero attached hydrogens (tertiary/aromatic N) is 2. The molecule has 0 bridgehead atoms. The van der Waals surface area contributed by atoms with Gasteiger partial charge in [-0.1, -0.05) is 18.5 Å². The second-order valence-electron chi connectivity index (χ2n) is 4.17. The van der Waals surface area contributed by atoms with Gasteiger partial charge in [-0.2, -0.15) is 4.98 Å². The van der Waals surface area contributed by atoms with Gasteiger partial charge >= 0.3 is 0 Å². The quantitative estimate of drug-likeness (QED) is 0.821. The summed E-state index contributed by atoms with van der Waals surface area (Å²) in [4.78, 5) is 9.39. The molecule has 0 aliphatic rings. The van der Waals surface area contributed by atoms with Crippen LogP contribution in [0, 0.1) is 0 Å². The van der Waals surface area contributed by atoms with Gasteiger partial charge in [-0.3, -0.25) is 0 Å². The Morgan fingerprint density at radius 1 is 1.40 bits per heavy atom. The highest BCUT2D eigenvalue weighted by molar-refractivity contribution is 7.16. The summed E-state index contributed by atoms with van der Waals surface area (Å²) in [5, 5.41) is 3.19. The molecule has 7 heteroatoms. The Balaban J connectivity index is 1.92. The van der Waals surface area contributed by atoms with E-state index in [1.807, 2.05) is 19.1 Å². The summed E-state index contributed by atoms with van der Waals surface area (Å²) in [6.07, 6.45) is 3.23. The molecule has 0 spiro atoms.